The van der Waals surface area contributed by atoms with Gasteiger partial charge in [-0.2, -0.15) is 0 Å². The number of anilines is 3. The van der Waals surface area contributed by atoms with Gasteiger partial charge in [0.1, 0.15) is 44.7 Å². The van der Waals surface area contributed by atoms with Gasteiger partial charge in [0.25, 0.3) is 0 Å². The van der Waals surface area contributed by atoms with Crippen LogP contribution < -0.4 is 4.90 Å². The van der Waals surface area contributed by atoms with Gasteiger partial charge in [-0.05, 0) is 83.9 Å². The molecular weight excluding hydrogens is 655 g/mol. The molecule has 0 aliphatic rings. The molecule has 0 N–H and O–H groups in total. The first kappa shape index (κ1) is 28.5. The van der Waals surface area contributed by atoms with Crippen LogP contribution in [0.5, 0.6) is 0 Å². The molecule has 0 saturated carbocycles. The van der Waals surface area contributed by atoms with E-state index in [0.717, 1.165) is 116 Å². The van der Waals surface area contributed by atoms with Gasteiger partial charge in [-0.15, -0.1) is 0 Å². The summed E-state index contributed by atoms with van der Waals surface area (Å²) in [6.07, 6.45) is 0. The van der Waals surface area contributed by atoms with Crippen LogP contribution in [0.2, 0.25) is 0 Å². The van der Waals surface area contributed by atoms with Crippen molar-refractivity contribution in [1.29, 1.82) is 0 Å². The minimum absolute atomic E-state index is 0.801. The SMILES string of the molecule is c1cc(-c2cccc3oc4ccc5c6ccccc6oc5c4c23)cc(N(c2ccc3c(c2)oc2ccccc23)c2ccc3c(c2)oc2ccccc23)c1. The van der Waals surface area contributed by atoms with E-state index in [-0.39, 0.29) is 0 Å². The molecule has 0 radical (unpaired) electrons. The molecule has 5 heteroatoms. The second-order valence-electron chi connectivity index (χ2n) is 13.6. The van der Waals surface area contributed by atoms with Gasteiger partial charge in [0.2, 0.25) is 0 Å². The van der Waals surface area contributed by atoms with Crippen LogP contribution in [-0.4, -0.2) is 0 Å². The summed E-state index contributed by atoms with van der Waals surface area (Å²) in [5, 5.41) is 8.56. The predicted octanol–water partition coefficient (Wildman–Crippen LogP) is 14.4. The molecule has 0 aliphatic carbocycles. The van der Waals surface area contributed by atoms with E-state index in [1.54, 1.807) is 0 Å². The van der Waals surface area contributed by atoms with E-state index < -0.39 is 0 Å². The van der Waals surface area contributed by atoms with E-state index in [2.05, 4.69) is 126 Å². The lowest BCUT2D eigenvalue weighted by molar-refractivity contribution is 0.662. The topological polar surface area (TPSA) is 55.8 Å². The Morgan fingerprint density at radius 3 is 1.47 bits per heavy atom. The number of hydrogen-bond acceptors (Lipinski definition) is 5. The van der Waals surface area contributed by atoms with Gasteiger partial charge in [0.15, 0.2) is 0 Å². The van der Waals surface area contributed by atoms with Crippen molar-refractivity contribution >= 4 is 105 Å². The van der Waals surface area contributed by atoms with Crippen molar-refractivity contribution in [3.05, 3.63) is 164 Å². The summed E-state index contributed by atoms with van der Waals surface area (Å²) in [4.78, 5) is 2.27. The minimum Gasteiger partial charge on any atom is -0.456 e. The van der Waals surface area contributed by atoms with Gasteiger partial charge < -0.3 is 22.6 Å². The Bertz CT molecular complexity index is 3320. The highest BCUT2D eigenvalue weighted by Gasteiger charge is 2.21. The Labute approximate surface area is 301 Å². The van der Waals surface area contributed by atoms with Crippen LogP contribution in [0.1, 0.15) is 0 Å². The van der Waals surface area contributed by atoms with E-state index in [9.17, 15) is 0 Å². The third-order valence-corrected chi connectivity index (χ3v) is 10.7. The third-order valence-electron chi connectivity index (χ3n) is 10.7. The highest BCUT2D eigenvalue weighted by molar-refractivity contribution is 6.25. The lowest BCUT2D eigenvalue weighted by atomic mass is 9.97. The highest BCUT2D eigenvalue weighted by atomic mass is 16.3. The van der Waals surface area contributed by atoms with E-state index in [1.807, 2.05) is 42.5 Å². The molecule has 4 aromatic heterocycles. The minimum atomic E-state index is 0.801. The Morgan fingerprint density at radius 1 is 0.302 bits per heavy atom. The maximum Gasteiger partial charge on any atom is 0.147 e. The zero-order chi connectivity index (χ0) is 34.6. The van der Waals surface area contributed by atoms with Crippen molar-refractivity contribution in [2.45, 2.75) is 0 Å². The van der Waals surface area contributed by atoms with Crippen LogP contribution in [0.4, 0.5) is 17.1 Å². The first-order chi connectivity index (χ1) is 26.2. The zero-order valence-corrected chi connectivity index (χ0v) is 28.2. The summed E-state index contributed by atoms with van der Waals surface area (Å²) in [5.74, 6) is 0. The smallest absolute Gasteiger partial charge is 0.147 e. The molecule has 0 amide bonds. The van der Waals surface area contributed by atoms with Crippen molar-refractivity contribution in [1.82, 2.24) is 0 Å². The number of benzene rings is 8. The fourth-order valence-electron chi connectivity index (χ4n) is 8.29. The van der Waals surface area contributed by atoms with E-state index in [0.29, 0.717) is 0 Å². The fraction of sp³-hybridized carbons (Fsp3) is 0. The summed E-state index contributed by atoms with van der Waals surface area (Å²) in [7, 11) is 0. The third kappa shape index (κ3) is 4.13. The Hall–Kier alpha value is -7.24. The van der Waals surface area contributed by atoms with Crippen LogP contribution in [0.25, 0.3) is 98.9 Å². The summed E-state index contributed by atoms with van der Waals surface area (Å²) >= 11 is 0. The maximum atomic E-state index is 6.53. The van der Waals surface area contributed by atoms with Gasteiger partial charge in [-0.25, -0.2) is 0 Å². The summed E-state index contributed by atoms with van der Waals surface area (Å²) in [6, 6.07) is 56.6. The van der Waals surface area contributed by atoms with Crippen LogP contribution >= 0.6 is 0 Å². The summed E-state index contributed by atoms with van der Waals surface area (Å²) in [6.45, 7) is 0. The molecule has 4 heterocycles. The van der Waals surface area contributed by atoms with E-state index >= 15 is 0 Å². The van der Waals surface area contributed by atoms with E-state index in [4.69, 9.17) is 17.7 Å². The second-order valence-corrected chi connectivity index (χ2v) is 13.6. The largest absolute Gasteiger partial charge is 0.456 e. The number of nitrogens with zero attached hydrogens (tertiary/aromatic N) is 1. The Kier molecular flexibility index (Phi) is 5.71. The number of para-hydroxylation sites is 3. The van der Waals surface area contributed by atoms with Crippen molar-refractivity contribution in [3.8, 4) is 11.1 Å². The fourth-order valence-corrected chi connectivity index (χ4v) is 8.29. The van der Waals surface area contributed by atoms with Gasteiger partial charge in [0, 0.05) is 66.9 Å². The molecule has 0 fully saturated rings. The molecule has 248 valence electrons. The van der Waals surface area contributed by atoms with Crippen molar-refractivity contribution in [3.63, 3.8) is 0 Å². The average Bonchev–Trinajstić information content (AvgIpc) is 3.97. The van der Waals surface area contributed by atoms with Crippen LogP contribution in [-0.2, 0) is 0 Å². The molecule has 12 aromatic rings. The number of furan rings is 4. The van der Waals surface area contributed by atoms with Gasteiger partial charge in [0.05, 0.1) is 5.39 Å². The van der Waals surface area contributed by atoms with Crippen molar-refractivity contribution in [2.24, 2.45) is 0 Å². The predicted molar refractivity (Wildman–Crippen MR) is 216 cm³/mol. The normalized spacial score (nSPS) is 12.2. The second kappa shape index (κ2) is 10.6. The molecule has 53 heavy (non-hydrogen) atoms. The lowest BCUT2D eigenvalue weighted by Gasteiger charge is -2.26. The van der Waals surface area contributed by atoms with Crippen LogP contribution in [0.15, 0.2) is 181 Å². The maximum absolute atomic E-state index is 6.53. The lowest BCUT2D eigenvalue weighted by Crippen LogP contribution is -2.10. The molecule has 0 saturated heterocycles. The summed E-state index contributed by atoms with van der Waals surface area (Å²) < 4.78 is 25.8. The quantitative estimate of drug-likeness (QED) is 0.185. The highest BCUT2D eigenvalue weighted by Crippen LogP contribution is 2.45. The molecule has 0 spiro atoms. The van der Waals surface area contributed by atoms with Gasteiger partial charge in [-0.3, -0.25) is 0 Å². The molecule has 8 aromatic carbocycles. The molecule has 12 rings (SSSR count). The summed E-state index contributed by atoms with van der Waals surface area (Å²) in [5.41, 5.74) is 11.8. The molecule has 0 aliphatic heterocycles. The molecular formula is C48H27NO4. The van der Waals surface area contributed by atoms with Crippen molar-refractivity contribution in [2.75, 3.05) is 4.90 Å². The number of hydrogen-bond donors (Lipinski definition) is 0. The van der Waals surface area contributed by atoms with Crippen LogP contribution in [0.3, 0.4) is 0 Å². The van der Waals surface area contributed by atoms with Crippen LogP contribution in [0, 0.1) is 0 Å². The molecule has 0 bridgehead atoms. The monoisotopic (exact) mass is 681 g/mol. The first-order valence-corrected chi connectivity index (χ1v) is 17.7. The van der Waals surface area contributed by atoms with E-state index in [1.165, 1.54) is 0 Å². The molecule has 5 nitrogen and oxygen atoms in total. The standard InChI is InChI=1S/C48H27NO4/c1-4-15-39-33(11-1)36-21-19-30(26-44(36)50-39)49(31-20-22-37-34-12-2-5-16-40(34)51-45(37)27-31)29-10-7-9-28(25-29)32-14-8-18-42-46(32)47-43(52-42)24-23-38-35-13-3-6-17-41(35)53-48(38)47/h1-27H. The number of fused-ring (bicyclic) bond motifs is 13. The first-order valence-electron chi connectivity index (χ1n) is 17.7. The van der Waals surface area contributed by atoms with Gasteiger partial charge >= 0.3 is 0 Å². The number of rotatable bonds is 4. The van der Waals surface area contributed by atoms with Gasteiger partial charge in [-0.1, -0.05) is 78.9 Å². The average molecular weight is 682 g/mol. The zero-order valence-electron chi connectivity index (χ0n) is 28.2. The van der Waals surface area contributed by atoms with Crippen molar-refractivity contribution < 1.29 is 17.7 Å². The molecule has 0 unspecified atom stereocenters. The Balaban J connectivity index is 1.09. The Morgan fingerprint density at radius 2 is 0.792 bits per heavy atom. The molecule has 0 atom stereocenters.